The van der Waals surface area contributed by atoms with E-state index < -0.39 is 6.10 Å². The summed E-state index contributed by atoms with van der Waals surface area (Å²) >= 11 is 0. The van der Waals surface area contributed by atoms with Crippen molar-refractivity contribution in [3.05, 3.63) is 35.5 Å². The van der Waals surface area contributed by atoms with Gasteiger partial charge in [0, 0.05) is 5.56 Å². The van der Waals surface area contributed by atoms with Gasteiger partial charge in [0.05, 0.1) is 12.0 Å². The van der Waals surface area contributed by atoms with E-state index in [1.54, 1.807) is 26.0 Å². The molecule has 0 bridgehead atoms. The number of aliphatic hydroxyl groups excluding tert-OH is 1. The minimum atomic E-state index is -0.585. The average Bonchev–Trinajstić information content (AvgIpc) is 2.81. The van der Waals surface area contributed by atoms with Crippen LogP contribution >= 0.6 is 0 Å². The maximum atomic E-state index is 13.6. The van der Waals surface area contributed by atoms with Crippen molar-refractivity contribution in [2.24, 2.45) is 5.92 Å². The Bertz CT molecular complexity index is 585. The standard InChI is InChI=1S/C15H19FN2O2/c1-8(2)13(10(4)19)15-17-14(18-20-15)11-6-5-9(3)12(16)7-11/h5-8,10,13,19H,1-4H3. The van der Waals surface area contributed by atoms with Crippen LogP contribution in [0.3, 0.4) is 0 Å². The van der Waals surface area contributed by atoms with Gasteiger partial charge in [0.15, 0.2) is 0 Å². The van der Waals surface area contributed by atoms with Crippen LogP contribution in [0.1, 0.15) is 38.1 Å². The summed E-state index contributed by atoms with van der Waals surface area (Å²) < 4.78 is 18.8. The van der Waals surface area contributed by atoms with Gasteiger partial charge in [-0.15, -0.1) is 0 Å². The Morgan fingerprint density at radius 1 is 1.25 bits per heavy atom. The highest BCUT2D eigenvalue weighted by Crippen LogP contribution is 2.28. The van der Waals surface area contributed by atoms with Crippen molar-refractivity contribution in [2.45, 2.75) is 39.7 Å². The molecule has 5 heteroatoms. The molecule has 2 unspecified atom stereocenters. The zero-order valence-corrected chi connectivity index (χ0v) is 12.1. The van der Waals surface area contributed by atoms with Gasteiger partial charge in [-0.05, 0) is 31.4 Å². The monoisotopic (exact) mass is 278 g/mol. The lowest BCUT2D eigenvalue weighted by atomic mass is 9.91. The molecule has 1 N–H and O–H groups in total. The lowest BCUT2D eigenvalue weighted by Crippen LogP contribution is -2.20. The van der Waals surface area contributed by atoms with Crippen LogP contribution in [0.15, 0.2) is 22.7 Å². The van der Waals surface area contributed by atoms with Crippen molar-refractivity contribution in [1.29, 1.82) is 0 Å². The molecule has 2 aromatic rings. The quantitative estimate of drug-likeness (QED) is 0.932. The molecular formula is C15H19FN2O2. The van der Waals surface area contributed by atoms with E-state index in [0.717, 1.165) is 0 Å². The summed E-state index contributed by atoms with van der Waals surface area (Å²) in [6, 6.07) is 4.81. The average molecular weight is 278 g/mol. The molecule has 2 rings (SSSR count). The highest BCUT2D eigenvalue weighted by Gasteiger charge is 2.27. The lowest BCUT2D eigenvalue weighted by molar-refractivity contribution is 0.120. The van der Waals surface area contributed by atoms with E-state index in [9.17, 15) is 9.50 Å². The third-order valence-electron chi connectivity index (χ3n) is 3.39. The van der Waals surface area contributed by atoms with Crippen molar-refractivity contribution in [2.75, 3.05) is 0 Å². The van der Waals surface area contributed by atoms with E-state index in [2.05, 4.69) is 10.1 Å². The Balaban J connectivity index is 2.34. The smallest absolute Gasteiger partial charge is 0.232 e. The second kappa shape index (κ2) is 5.71. The predicted molar refractivity (Wildman–Crippen MR) is 73.7 cm³/mol. The van der Waals surface area contributed by atoms with Crippen LogP contribution in [0, 0.1) is 18.7 Å². The second-order valence-electron chi connectivity index (χ2n) is 5.43. The Morgan fingerprint density at radius 3 is 2.50 bits per heavy atom. The van der Waals surface area contributed by atoms with E-state index in [1.165, 1.54) is 6.07 Å². The van der Waals surface area contributed by atoms with E-state index in [-0.39, 0.29) is 17.7 Å². The minimum Gasteiger partial charge on any atom is -0.393 e. The van der Waals surface area contributed by atoms with Crippen molar-refractivity contribution < 1.29 is 14.0 Å². The Hall–Kier alpha value is -1.75. The van der Waals surface area contributed by atoms with Crippen LogP contribution in [0.25, 0.3) is 11.4 Å². The summed E-state index contributed by atoms with van der Waals surface area (Å²) in [5, 5.41) is 13.7. The SMILES string of the molecule is Cc1ccc(-c2noc(C(C(C)C)C(C)O)n2)cc1F. The molecule has 0 aliphatic heterocycles. The Morgan fingerprint density at radius 2 is 1.95 bits per heavy atom. The molecule has 0 aliphatic carbocycles. The van der Waals surface area contributed by atoms with E-state index in [4.69, 9.17) is 4.52 Å². The topological polar surface area (TPSA) is 59.2 Å². The molecule has 1 aromatic heterocycles. The fourth-order valence-corrected chi connectivity index (χ4v) is 2.27. The molecule has 1 aromatic carbocycles. The number of hydrogen-bond donors (Lipinski definition) is 1. The lowest BCUT2D eigenvalue weighted by Gasteiger charge is -2.19. The van der Waals surface area contributed by atoms with E-state index in [1.807, 2.05) is 13.8 Å². The summed E-state index contributed by atoms with van der Waals surface area (Å²) in [6.45, 7) is 7.35. The molecule has 0 fully saturated rings. The number of halogens is 1. The molecule has 0 aliphatic rings. The molecule has 0 spiro atoms. The summed E-state index contributed by atoms with van der Waals surface area (Å²) in [5.74, 6) is 0.352. The molecule has 4 nitrogen and oxygen atoms in total. The van der Waals surface area contributed by atoms with Crippen molar-refractivity contribution in [3.8, 4) is 11.4 Å². The summed E-state index contributed by atoms with van der Waals surface area (Å²) in [5.41, 5.74) is 1.14. The molecule has 0 amide bonds. The summed E-state index contributed by atoms with van der Waals surface area (Å²) in [6.07, 6.45) is -0.585. The van der Waals surface area contributed by atoms with Gasteiger partial charge in [-0.25, -0.2) is 4.39 Å². The second-order valence-corrected chi connectivity index (χ2v) is 5.43. The fraction of sp³-hybridized carbons (Fsp3) is 0.467. The third kappa shape index (κ3) is 2.88. The Kier molecular flexibility index (Phi) is 4.18. The highest BCUT2D eigenvalue weighted by molar-refractivity contribution is 5.55. The number of aromatic nitrogens is 2. The van der Waals surface area contributed by atoms with Gasteiger partial charge in [0.2, 0.25) is 11.7 Å². The van der Waals surface area contributed by atoms with Crippen LogP contribution in [-0.2, 0) is 0 Å². The highest BCUT2D eigenvalue weighted by atomic mass is 19.1. The summed E-state index contributed by atoms with van der Waals surface area (Å²) in [7, 11) is 0. The number of hydrogen-bond acceptors (Lipinski definition) is 4. The zero-order chi connectivity index (χ0) is 14.9. The molecular weight excluding hydrogens is 259 g/mol. The first kappa shape index (κ1) is 14.7. The van der Waals surface area contributed by atoms with Gasteiger partial charge in [0.1, 0.15) is 5.82 Å². The molecule has 108 valence electrons. The maximum Gasteiger partial charge on any atom is 0.232 e. The first-order chi connectivity index (χ1) is 9.40. The molecule has 0 saturated carbocycles. The number of nitrogens with zero attached hydrogens (tertiary/aromatic N) is 2. The van der Waals surface area contributed by atoms with E-state index in [0.29, 0.717) is 22.8 Å². The van der Waals surface area contributed by atoms with Crippen LogP contribution in [0.4, 0.5) is 4.39 Å². The first-order valence-corrected chi connectivity index (χ1v) is 6.68. The van der Waals surface area contributed by atoms with Crippen LogP contribution < -0.4 is 0 Å². The van der Waals surface area contributed by atoms with Gasteiger partial charge in [-0.3, -0.25) is 0 Å². The largest absolute Gasteiger partial charge is 0.393 e. The normalized spacial score (nSPS) is 14.6. The van der Waals surface area contributed by atoms with Crippen LogP contribution in [0.5, 0.6) is 0 Å². The number of aliphatic hydroxyl groups is 1. The minimum absolute atomic E-state index is 0.165. The van der Waals surface area contributed by atoms with Crippen LogP contribution in [-0.4, -0.2) is 21.4 Å². The van der Waals surface area contributed by atoms with Gasteiger partial charge in [-0.1, -0.05) is 31.1 Å². The Labute approximate surface area is 117 Å². The molecule has 20 heavy (non-hydrogen) atoms. The predicted octanol–water partition coefficient (Wildman–Crippen LogP) is 3.30. The van der Waals surface area contributed by atoms with Crippen molar-refractivity contribution in [1.82, 2.24) is 10.1 Å². The number of aryl methyl sites for hydroxylation is 1. The number of rotatable bonds is 4. The third-order valence-corrected chi connectivity index (χ3v) is 3.39. The van der Waals surface area contributed by atoms with Crippen molar-refractivity contribution >= 4 is 0 Å². The fourth-order valence-electron chi connectivity index (χ4n) is 2.27. The zero-order valence-electron chi connectivity index (χ0n) is 12.1. The van der Waals surface area contributed by atoms with Crippen LogP contribution in [0.2, 0.25) is 0 Å². The maximum absolute atomic E-state index is 13.6. The molecule has 0 radical (unpaired) electrons. The van der Waals surface area contributed by atoms with Gasteiger partial charge < -0.3 is 9.63 Å². The van der Waals surface area contributed by atoms with Crippen molar-refractivity contribution in [3.63, 3.8) is 0 Å². The van der Waals surface area contributed by atoms with E-state index >= 15 is 0 Å². The summed E-state index contributed by atoms with van der Waals surface area (Å²) in [4.78, 5) is 4.29. The van der Waals surface area contributed by atoms with Gasteiger partial charge >= 0.3 is 0 Å². The van der Waals surface area contributed by atoms with Gasteiger partial charge in [0.25, 0.3) is 0 Å². The number of benzene rings is 1. The molecule has 0 saturated heterocycles. The molecule has 1 heterocycles. The first-order valence-electron chi connectivity index (χ1n) is 6.68. The van der Waals surface area contributed by atoms with Gasteiger partial charge in [-0.2, -0.15) is 4.98 Å². The molecule has 2 atom stereocenters.